The van der Waals surface area contributed by atoms with E-state index in [0.717, 1.165) is 36.2 Å². The third-order valence-corrected chi connectivity index (χ3v) is 4.62. The summed E-state index contributed by atoms with van der Waals surface area (Å²) in [5.74, 6) is 0.0250. The summed E-state index contributed by atoms with van der Waals surface area (Å²) in [5, 5.41) is 3.58. The Kier molecular flexibility index (Phi) is 5.39. The van der Waals surface area contributed by atoms with E-state index in [-0.39, 0.29) is 18.2 Å². The van der Waals surface area contributed by atoms with Crippen LogP contribution < -0.4 is 10.2 Å². The number of nitrogens with one attached hydrogen (secondary N) is 1. The van der Waals surface area contributed by atoms with Crippen LogP contribution in [0.3, 0.4) is 0 Å². The SMILES string of the molecule is CCC(=O)N1CCCc2ccc(NC(=O)Cc3ccc(Cl)cc3)cc21. The second-order valence-corrected chi connectivity index (χ2v) is 6.63. The van der Waals surface area contributed by atoms with Crippen molar-refractivity contribution < 1.29 is 9.59 Å². The molecule has 0 saturated carbocycles. The number of nitrogens with zero attached hydrogens (tertiary/aromatic N) is 1. The lowest BCUT2D eigenvalue weighted by Gasteiger charge is -2.29. The molecule has 130 valence electrons. The van der Waals surface area contributed by atoms with E-state index in [0.29, 0.717) is 17.1 Å². The number of aryl methyl sites for hydroxylation is 1. The van der Waals surface area contributed by atoms with Crippen molar-refractivity contribution in [2.45, 2.75) is 32.6 Å². The Morgan fingerprint density at radius 1 is 1.16 bits per heavy atom. The molecule has 1 heterocycles. The van der Waals surface area contributed by atoms with E-state index in [4.69, 9.17) is 11.6 Å². The minimum Gasteiger partial charge on any atom is -0.326 e. The number of rotatable bonds is 4. The second-order valence-electron chi connectivity index (χ2n) is 6.20. The predicted octanol–water partition coefficient (Wildman–Crippen LogP) is 4.21. The van der Waals surface area contributed by atoms with Gasteiger partial charge in [-0.15, -0.1) is 0 Å². The molecule has 1 aliphatic rings. The molecule has 0 saturated heterocycles. The maximum atomic E-state index is 12.3. The van der Waals surface area contributed by atoms with Crippen LogP contribution in [-0.2, 0) is 22.4 Å². The maximum Gasteiger partial charge on any atom is 0.228 e. The number of fused-ring (bicyclic) bond motifs is 1. The molecule has 0 fully saturated rings. The van der Waals surface area contributed by atoms with Gasteiger partial charge in [0.2, 0.25) is 11.8 Å². The molecule has 3 rings (SSSR count). The molecular formula is C20H21ClN2O2. The quantitative estimate of drug-likeness (QED) is 0.892. The lowest BCUT2D eigenvalue weighted by Crippen LogP contribution is -2.35. The molecule has 0 spiro atoms. The van der Waals surface area contributed by atoms with E-state index >= 15 is 0 Å². The molecule has 1 aliphatic heterocycles. The molecule has 0 bridgehead atoms. The smallest absolute Gasteiger partial charge is 0.228 e. The number of halogens is 1. The van der Waals surface area contributed by atoms with E-state index in [1.807, 2.05) is 42.2 Å². The van der Waals surface area contributed by atoms with Crippen molar-refractivity contribution in [3.8, 4) is 0 Å². The molecule has 0 radical (unpaired) electrons. The summed E-state index contributed by atoms with van der Waals surface area (Å²) in [5.41, 5.74) is 3.70. The van der Waals surface area contributed by atoms with E-state index < -0.39 is 0 Å². The Morgan fingerprint density at radius 3 is 2.64 bits per heavy atom. The Hall–Kier alpha value is -2.33. The zero-order chi connectivity index (χ0) is 17.8. The summed E-state index contributed by atoms with van der Waals surface area (Å²) in [7, 11) is 0. The van der Waals surface area contributed by atoms with Crippen LogP contribution in [0.4, 0.5) is 11.4 Å². The van der Waals surface area contributed by atoms with Gasteiger partial charge in [-0.2, -0.15) is 0 Å². The lowest BCUT2D eigenvalue weighted by molar-refractivity contribution is -0.118. The van der Waals surface area contributed by atoms with E-state index in [1.54, 1.807) is 12.1 Å². The molecule has 0 atom stereocenters. The number of benzene rings is 2. The van der Waals surface area contributed by atoms with Gasteiger partial charge in [0.25, 0.3) is 0 Å². The molecule has 5 heteroatoms. The Balaban J connectivity index is 1.74. The van der Waals surface area contributed by atoms with E-state index in [9.17, 15) is 9.59 Å². The first kappa shape index (κ1) is 17.5. The fourth-order valence-electron chi connectivity index (χ4n) is 3.10. The molecule has 0 aliphatic carbocycles. The van der Waals surface area contributed by atoms with Crippen molar-refractivity contribution in [1.29, 1.82) is 0 Å². The second kappa shape index (κ2) is 7.70. The largest absolute Gasteiger partial charge is 0.326 e. The topological polar surface area (TPSA) is 49.4 Å². The number of hydrogen-bond acceptors (Lipinski definition) is 2. The summed E-state index contributed by atoms with van der Waals surface area (Å²) < 4.78 is 0. The Labute approximate surface area is 152 Å². The molecule has 25 heavy (non-hydrogen) atoms. The third kappa shape index (κ3) is 4.20. The highest BCUT2D eigenvalue weighted by atomic mass is 35.5. The Morgan fingerprint density at radius 2 is 1.92 bits per heavy atom. The molecular weight excluding hydrogens is 336 g/mol. The first-order valence-electron chi connectivity index (χ1n) is 8.54. The fraction of sp³-hybridized carbons (Fsp3) is 0.300. The van der Waals surface area contributed by atoms with Gasteiger partial charge in [0.15, 0.2) is 0 Å². The summed E-state index contributed by atoms with van der Waals surface area (Å²) in [6.45, 7) is 2.61. The summed E-state index contributed by atoms with van der Waals surface area (Å²) in [6, 6.07) is 13.0. The van der Waals surface area contributed by atoms with Crippen LogP contribution >= 0.6 is 11.6 Å². The zero-order valence-corrected chi connectivity index (χ0v) is 15.0. The van der Waals surface area contributed by atoms with Crippen molar-refractivity contribution >= 4 is 34.8 Å². The number of carbonyl (C=O) groups is 2. The first-order chi connectivity index (χ1) is 12.1. The van der Waals surface area contributed by atoms with Gasteiger partial charge in [0.1, 0.15) is 0 Å². The fourth-order valence-corrected chi connectivity index (χ4v) is 3.22. The van der Waals surface area contributed by atoms with Gasteiger partial charge in [-0.3, -0.25) is 9.59 Å². The highest BCUT2D eigenvalue weighted by molar-refractivity contribution is 6.30. The van der Waals surface area contributed by atoms with Crippen molar-refractivity contribution in [1.82, 2.24) is 0 Å². The highest BCUT2D eigenvalue weighted by Gasteiger charge is 2.21. The maximum absolute atomic E-state index is 12.3. The van der Waals surface area contributed by atoms with Crippen LogP contribution in [0, 0.1) is 0 Å². The Bertz CT molecular complexity index is 787. The highest BCUT2D eigenvalue weighted by Crippen LogP contribution is 2.30. The molecule has 2 aromatic rings. The predicted molar refractivity (Wildman–Crippen MR) is 101 cm³/mol. The van der Waals surface area contributed by atoms with E-state index in [2.05, 4.69) is 5.32 Å². The molecule has 2 aromatic carbocycles. The normalized spacial score (nSPS) is 13.3. The zero-order valence-electron chi connectivity index (χ0n) is 14.2. The molecule has 0 unspecified atom stereocenters. The average molecular weight is 357 g/mol. The molecule has 2 amide bonds. The number of amides is 2. The van der Waals surface area contributed by atoms with Crippen LogP contribution in [0.25, 0.3) is 0 Å². The summed E-state index contributed by atoms with van der Waals surface area (Å²) in [4.78, 5) is 26.3. The molecule has 1 N–H and O–H groups in total. The van der Waals surface area contributed by atoms with Gasteiger partial charge in [0, 0.05) is 29.4 Å². The first-order valence-corrected chi connectivity index (χ1v) is 8.92. The van der Waals surface area contributed by atoms with E-state index in [1.165, 1.54) is 0 Å². The van der Waals surface area contributed by atoms with Crippen LogP contribution in [0.15, 0.2) is 42.5 Å². The number of anilines is 2. The van der Waals surface area contributed by atoms with Crippen LogP contribution in [0.5, 0.6) is 0 Å². The van der Waals surface area contributed by atoms with Crippen LogP contribution in [0.1, 0.15) is 30.9 Å². The van der Waals surface area contributed by atoms with Crippen molar-refractivity contribution in [2.75, 3.05) is 16.8 Å². The summed E-state index contributed by atoms with van der Waals surface area (Å²) >= 11 is 5.86. The van der Waals surface area contributed by atoms with Crippen LogP contribution in [-0.4, -0.2) is 18.4 Å². The van der Waals surface area contributed by atoms with Gasteiger partial charge >= 0.3 is 0 Å². The lowest BCUT2D eigenvalue weighted by atomic mass is 10.0. The van der Waals surface area contributed by atoms with Crippen molar-refractivity contribution in [2.24, 2.45) is 0 Å². The number of carbonyl (C=O) groups excluding carboxylic acids is 2. The minimum atomic E-state index is -0.0913. The summed E-state index contributed by atoms with van der Waals surface area (Å²) in [6.07, 6.45) is 2.70. The van der Waals surface area contributed by atoms with Gasteiger partial charge in [-0.05, 0) is 48.2 Å². The molecule has 0 aromatic heterocycles. The van der Waals surface area contributed by atoms with Crippen molar-refractivity contribution in [3.05, 3.63) is 58.6 Å². The molecule has 4 nitrogen and oxygen atoms in total. The minimum absolute atomic E-state index is 0.0913. The third-order valence-electron chi connectivity index (χ3n) is 4.37. The monoisotopic (exact) mass is 356 g/mol. The standard InChI is InChI=1S/C20H21ClN2O2/c1-2-20(25)23-11-3-4-15-7-10-17(13-18(15)23)22-19(24)12-14-5-8-16(21)9-6-14/h5-10,13H,2-4,11-12H2,1H3,(H,22,24). The van der Waals surface area contributed by atoms with Gasteiger partial charge in [-0.1, -0.05) is 36.7 Å². The number of hydrogen-bond donors (Lipinski definition) is 1. The van der Waals surface area contributed by atoms with Crippen LogP contribution in [0.2, 0.25) is 5.02 Å². The van der Waals surface area contributed by atoms with Gasteiger partial charge in [-0.25, -0.2) is 0 Å². The van der Waals surface area contributed by atoms with Crippen molar-refractivity contribution in [3.63, 3.8) is 0 Å². The van der Waals surface area contributed by atoms with Gasteiger partial charge < -0.3 is 10.2 Å². The average Bonchev–Trinajstić information content (AvgIpc) is 2.62. The van der Waals surface area contributed by atoms with Gasteiger partial charge in [0.05, 0.1) is 6.42 Å².